The maximum atomic E-state index is 14.5. The van der Waals surface area contributed by atoms with Crippen molar-refractivity contribution >= 4 is 5.84 Å². The Morgan fingerprint density at radius 3 is 2.37 bits per heavy atom. The van der Waals surface area contributed by atoms with Crippen LogP contribution >= 0.6 is 0 Å². The number of rotatable bonds is 7. The Kier molecular flexibility index (Phi) is 7.04. The van der Waals surface area contributed by atoms with E-state index in [0.29, 0.717) is 23.5 Å². The summed E-state index contributed by atoms with van der Waals surface area (Å²) >= 11 is 0. The number of hydrogen-bond donors (Lipinski definition) is 0. The molecule has 1 aliphatic carbocycles. The largest absolute Gasteiger partial charge is 0.236 e. The van der Waals surface area contributed by atoms with E-state index >= 15 is 0 Å². The van der Waals surface area contributed by atoms with Gasteiger partial charge in [-0.1, -0.05) is 56.4 Å². The summed E-state index contributed by atoms with van der Waals surface area (Å²) in [5, 5.41) is 9.60. The van der Waals surface area contributed by atoms with Crippen LogP contribution in [0.5, 0.6) is 0 Å². The summed E-state index contributed by atoms with van der Waals surface area (Å²) in [7, 11) is 0. The average molecular weight is 368 g/mol. The van der Waals surface area contributed by atoms with E-state index in [4.69, 9.17) is 5.26 Å². The summed E-state index contributed by atoms with van der Waals surface area (Å²) in [4.78, 5) is 4.35. The quantitative estimate of drug-likeness (QED) is 0.541. The molecule has 0 unspecified atom stereocenters. The van der Waals surface area contributed by atoms with Crippen molar-refractivity contribution in [1.29, 1.82) is 5.26 Å². The van der Waals surface area contributed by atoms with Crippen LogP contribution in [0.1, 0.15) is 75.8 Å². The fraction of sp³-hybridized carbons (Fsp3) is 0.565. The van der Waals surface area contributed by atoms with E-state index < -0.39 is 0 Å². The van der Waals surface area contributed by atoms with Crippen LogP contribution in [0.3, 0.4) is 0 Å². The van der Waals surface area contributed by atoms with Crippen LogP contribution in [0.15, 0.2) is 41.0 Å². The predicted octanol–water partition coefficient (Wildman–Crippen LogP) is 6.17. The van der Waals surface area contributed by atoms with Crippen LogP contribution in [0.2, 0.25) is 0 Å². The van der Waals surface area contributed by atoms with E-state index in [1.165, 1.54) is 44.9 Å². The highest BCUT2D eigenvalue weighted by atomic mass is 19.2. The molecule has 1 aromatic carbocycles. The van der Waals surface area contributed by atoms with Crippen LogP contribution in [0, 0.1) is 23.2 Å². The zero-order valence-corrected chi connectivity index (χ0v) is 16.3. The molecule has 0 atom stereocenters. The Balaban J connectivity index is 1.50. The van der Waals surface area contributed by atoms with Gasteiger partial charge in [-0.25, -0.2) is 4.99 Å². The molecule has 0 saturated heterocycles. The molecule has 144 valence electrons. The molecule has 1 aromatic rings. The Labute approximate surface area is 162 Å². The average Bonchev–Trinajstić information content (AvgIpc) is 2.72. The third kappa shape index (κ3) is 5.42. The molecule has 2 aliphatic rings. The maximum Gasteiger partial charge on any atom is 0.164 e. The maximum absolute atomic E-state index is 14.5. The number of benzene rings is 1. The lowest BCUT2D eigenvalue weighted by Crippen LogP contribution is -2.28. The minimum Gasteiger partial charge on any atom is -0.236 e. The lowest BCUT2D eigenvalue weighted by Gasteiger charge is -2.29. The monoisotopic (exact) mass is 367 g/mol. The first kappa shape index (κ1) is 19.6. The lowest BCUT2D eigenvalue weighted by molar-refractivity contribution is 0.131. The standard InChI is InChI=1S/C23H30FN3/c1-2-3-4-18-5-7-19(8-6-18)9-10-21-16-26-23(27(24)17-21)22-13-11-20(15-25)12-14-22/h11-14,16,18-19H,2-10,17H2,1H3. The van der Waals surface area contributed by atoms with Crippen LogP contribution in [0.25, 0.3) is 0 Å². The number of nitriles is 1. The molecule has 1 aliphatic heterocycles. The van der Waals surface area contributed by atoms with Gasteiger partial charge in [-0.05, 0) is 54.5 Å². The molecule has 1 heterocycles. The Bertz CT molecular complexity index is 706. The van der Waals surface area contributed by atoms with E-state index in [2.05, 4.69) is 18.0 Å². The lowest BCUT2D eigenvalue weighted by atomic mass is 9.78. The van der Waals surface area contributed by atoms with Gasteiger partial charge in [-0.3, -0.25) is 0 Å². The molecule has 27 heavy (non-hydrogen) atoms. The van der Waals surface area contributed by atoms with Gasteiger partial charge in [-0.15, -0.1) is 0 Å². The van der Waals surface area contributed by atoms with Crippen LogP contribution in [-0.2, 0) is 0 Å². The number of aliphatic imine (C=N–C) groups is 1. The van der Waals surface area contributed by atoms with Gasteiger partial charge in [0.15, 0.2) is 5.84 Å². The first-order valence-electron chi connectivity index (χ1n) is 10.4. The summed E-state index contributed by atoms with van der Waals surface area (Å²) in [6, 6.07) is 8.97. The molecule has 4 heteroatoms. The molecule has 3 nitrogen and oxygen atoms in total. The molecular weight excluding hydrogens is 337 g/mol. The first-order valence-corrected chi connectivity index (χ1v) is 10.4. The fourth-order valence-corrected chi connectivity index (χ4v) is 4.25. The van der Waals surface area contributed by atoms with E-state index in [9.17, 15) is 4.48 Å². The molecule has 0 bridgehead atoms. The molecule has 0 aromatic heterocycles. The topological polar surface area (TPSA) is 39.4 Å². The van der Waals surface area contributed by atoms with Gasteiger partial charge in [0, 0.05) is 11.8 Å². The van der Waals surface area contributed by atoms with Gasteiger partial charge in [-0.2, -0.15) is 10.4 Å². The van der Waals surface area contributed by atoms with Crippen molar-refractivity contribution in [3.8, 4) is 6.07 Å². The minimum atomic E-state index is 0.296. The Hall–Kier alpha value is -2.15. The van der Waals surface area contributed by atoms with Crippen molar-refractivity contribution in [3.63, 3.8) is 0 Å². The molecule has 0 spiro atoms. The van der Waals surface area contributed by atoms with Crippen LogP contribution in [-0.4, -0.2) is 17.5 Å². The van der Waals surface area contributed by atoms with Gasteiger partial charge >= 0.3 is 0 Å². The van der Waals surface area contributed by atoms with Crippen molar-refractivity contribution in [1.82, 2.24) is 5.12 Å². The summed E-state index contributed by atoms with van der Waals surface area (Å²) < 4.78 is 14.5. The molecule has 1 saturated carbocycles. The molecule has 0 amide bonds. The summed E-state index contributed by atoms with van der Waals surface area (Å²) in [6.45, 7) is 2.57. The SMILES string of the molecule is CCCCC1CCC(CCC2=CN=C(c3ccc(C#N)cc3)N(F)C2)CC1. The third-order valence-electron chi connectivity index (χ3n) is 6.02. The highest BCUT2D eigenvalue weighted by molar-refractivity contribution is 5.99. The van der Waals surface area contributed by atoms with Gasteiger partial charge < -0.3 is 0 Å². The van der Waals surface area contributed by atoms with E-state index in [0.717, 1.165) is 35.4 Å². The van der Waals surface area contributed by atoms with E-state index in [-0.39, 0.29) is 0 Å². The second-order valence-corrected chi connectivity index (χ2v) is 8.02. The normalized spacial score (nSPS) is 22.8. The van der Waals surface area contributed by atoms with Crippen LogP contribution in [0.4, 0.5) is 4.48 Å². The van der Waals surface area contributed by atoms with Gasteiger partial charge in [0.05, 0.1) is 18.2 Å². The molecule has 0 radical (unpaired) electrons. The molecule has 1 fully saturated rings. The highest BCUT2D eigenvalue weighted by Gasteiger charge is 2.23. The second kappa shape index (κ2) is 9.69. The number of halogens is 1. The summed E-state index contributed by atoms with van der Waals surface area (Å²) in [5.74, 6) is 2.07. The molecule has 3 rings (SSSR count). The van der Waals surface area contributed by atoms with Gasteiger partial charge in [0.25, 0.3) is 0 Å². The number of amidine groups is 1. The van der Waals surface area contributed by atoms with E-state index in [1.54, 1.807) is 24.3 Å². The van der Waals surface area contributed by atoms with Crippen molar-refractivity contribution in [2.45, 2.75) is 64.7 Å². The smallest absolute Gasteiger partial charge is 0.164 e. The second-order valence-electron chi connectivity index (χ2n) is 8.02. The first-order chi connectivity index (χ1) is 13.2. The zero-order chi connectivity index (χ0) is 19.1. The van der Waals surface area contributed by atoms with Crippen LogP contribution < -0.4 is 0 Å². The minimum absolute atomic E-state index is 0.296. The highest BCUT2D eigenvalue weighted by Crippen LogP contribution is 2.35. The Morgan fingerprint density at radius 2 is 1.78 bits per heavy atom. The predicted molar refractivity (Wildman–Crippen MR) is 108 cm³/mol. The van der Waals surface area contributed by atoms with E-state index in [1.807, 2.05) is 6.20 Å². The number of hydrogen-bond acceptors (Lipinski definition) is 3. The molecular formula is C23H30FN3. The summed E-state index contributed by atoms with van der Waals surface area (Å²) in [6.07, 6.45) is 13.4. The molecule has 0 N–H and O–H groups in total. The van der Waals surface area contributed by atoms with Gasteiger partial charge in [0.1, 0.15) is 0 Å². The fourth-order valence-electron chi connectivity index (χ4n) is 4.25. The summed E-state index contributed by atoms with van der Waals surface area (Å²) in [5.41, 5.74) is 2.35. The zero-order valence-electron chi connectivity index (χ0n) is 16.3. The van der Waals surface area contributed by atoms with Crippen molar-refractivity contribution in [3.05, 3.63) is 47.2 Å². The number of nitrogens with zero attached hydrogens (tertiary/aromatic N) is 3. The Morgan fingerprint density at radius 1 is 1.11 bits per heavy atom. The van der Waals surface area contributed by atoms with Crippen molar-refractivity contribution < 1.29 is 4.48 Å². The van der Waals surface area contributed by atoms with Gasteiger partial charge in [0.2, 0.25) is 0 Å². The van der Waals surface area contributed by atoms with Crippen molar-refractivity contribution in [2.75, 3.05) is 6.54 Å². The third-order valence-corrected chi connectivity index (χ3v) is 6.02. The number of unbranched alkanes of at least 4 members (excludes halogenated alkanes) is 1. The van der Waals surface area contributed by atoms with Crippen molar-refractivity contribution in [2.24, 2.45) is 16.8 Å².